The molecule has 0 saturated heterocycles. The summed E-state index contributed by atoms with van der Waals surface area (Å²) < 4.78 is 4.69. The molecule has 0 spiro atoms. The Balaban J connectivity index is 2.70. The summed E-state index contributed by atoms with van der Waals surface area (Å²) in [6.07, 6.45) is 0. The van der Waals surface area contributed by atoms with E-state index in [0.717, 1.165) is 5.56 Å². The lowest BCUT2D eigenvalue weighted by Gasteiger charge is -2.03. The third-order valence-corrected chi connectivity index (χ3v) is 3.66. The van der Waals surface area contributed by atoms with Crippen LogP contribution >= 0.6 is 22.9 Å². The summed E-state index contributed by atoms with van der Waals surface area (Å²) in [5, 5.41) is 7.82. The molecule has 2 aromatic rings. The lowest BCUT2D eigenvalue weighted by Crippen LogP contribution is -2.12. The second kappa shape index (κ2) is 4.91. The first-order valence-corrected chi connectivity index (χ1v) is 6.22. The summed E-state index contributed by atoms with van der Waals surface area (Å²) in [6, 6.07) is 1.43. The fraction of sp³-hybridized carbons (Fsp3) is 0.182. The second-order valence-electron chi connectivity index (χ2n) is 3.55. The van der Waals surface area contributed by atoms with Crippen LogP contribution < -0.4 is 5.56 Å². The number of aromatic nitrogens is 2. The summed E-state index contributed by atoms with van der Waals surface area (Å²) in [5.41, 5.74) is 1.27. The number of carbonyl (C=O) groups excluding carboxylic acids is 1. The number of halogens is 1. The number of ether oxygens (including phenoxy) is 1. The highest BCUT2D eigenvalue weighted by Crippen LogP contribution is 2.31. The molecular weight excluding hydrogens is 276 g/mol. The Bertz CT molecular complexity index is 663. The van der Waals surface area contributed by atoms with E-state index >= 15 is 0 Å². The molecule has 0 unspecified atom stereocenters. The molecule has 0 atom stereocenters. The van der Waals surface area contributed by atoms with Crippen LogP contribution in [-0.2, 0) is 4.74 Å². The van der Waals surface area contributed by atoms with Crippen LogP contribution in [0, 0.1) is 6.92 Å². The SMILES string of the molecule is COC(=O)c1scc(C)c1-c1cc(Cl)n[nH]c1=O. The standard InChI is InChI=1S/C11H9ClN2O3S/c1-5-4-18-9(11(16)17-2)8(5)6-3-7(12)13-14-10(6)15/h3-4H,1-2H3,(H,14,15). The number of aromatic amines is 1. The first-order chi connectivity index (χ1) is 8.54. The summed E-state index contributed by atoms with van der Waals surface area (Å²) in [5.74, 6) is -0.476. The molecule has 0 amide bonds. The number of nitrogens with zero attached hydrogens (tertiary/aromatic N) is 1. The zero-order valence-corrected chi connectivity index (χ0v) is 11.2. The highest BCUT2D eigenvalue weighted by Gasteiger charge is 2.20. The van der Waals surface area contributed by atoms with E-state index in [1.165, 1.54) is 24.5 Å². The minimum absolute atomic E-state index is 0.158. The van der Waals surface area contributed by atoms with Gasteiger partial charge in [-0.2, -0.15) is 5.10 Å². The first kappa shape index (κ1) is 12.8. The number of hydrogen-bond acceptors (Lipinski definition) is 5. The Morgan fingerprint density at radius 1 is 1.56 bits per heavy atom. The van der Waals surface area contributed by atoms with Crippen molar-refractivity contribution in [3.05, 3.63) is 37.4 Å². The van der Waals surface area contributed by atoms with Gasteiger partial charge in [0.15, 0.2) is 0 Å². The van der Waals surface area contributed by atoms with Crippen molar-refractivity contribution in [2.24, 2.45) is 0 Å². The molecule has 0 saturated carbocycles. The van der Waals surface area contributed by atoms with Crippen molar-refractivity contribution in [2.45, 2.75) is 6.92 Å². The quantitative estimate of drug-likeness (QED) is 0.859. The Morgan fingerprint density at radius 2 is 2.28 bits per heavy atom. The van der Waals surface area contributed by atoms with Gasteiger partial charge in [0.1, 0.15) is 10.0 Å². The van der Waals surface area contributed by atoms with Gasteiger partial charge in [0, 0.05) is 5.56 Å². The number of thiophene rings is 1. The van der Waals surface area contributed by atoms with Crippen LogP contribution in [0.5, 0.6) is 0 Å². The van der Waals surface area contributed by atoms with E-state index in [1.54, 1.807) is 5.38 Å². The number of nitrogens with one attached hydrogen (secondary N) is 1. The van der Waals surface area contributed by atoms with Crippen molar-refractivity contribution in [3.63, 3.8) is 0 Å². The van der Waals surface area contributed by atoms with Gasteiger partial charge in [-0.25, -0.2) is 9.89 Å². The maximum atomic E-state index is 11.8. The molecule has 0 aromatic carbocycles. The van der Waals surface area contributed by atoms with Gasteiger partial charge in [0.2, 0.25) is 0 Å². The Labute approximate surface area is 111 Å². The molecule has 0 radical (unpaired) electrons. The fourth-order valence-corrected chi connectivity index (χ4v) is 2.72. The molecule has 5 nitrogen and oxygen atoms in total. The Morgan fingerprint density at radius 3 is 2.94 bits per heavy atom. The van der Waals surface area contributed by atoms with Gasteiger partial charge in [-0.1, -0.05) is 11.6 Å². The minimum Gasteiger partial charge on any atom is -0.465 e. The van der Waals surface area contributed by atoms with Gasteiger partial charge in [-0.05, 0) is 23.9 Å². The summed E-state index contributed by atoms with van der Waals surface area (Å²) in [4.78, 5) is 23.8. The highest BCUT2D eigenvalue weighted by atomic mass is 35.5. The highest BCUT2D eigenvalue weighted by molar-refractivity contribution is 7.12. The third-order valence-electron chi connectivity index (χ3n) is 2.39. The maximum Gasteiger partial charge on any atom is 0.348 e. The molecular formula is C11H9ClN2O3S. The molecule has 18 heavy (non-hydrogen) atoms. The summed E-state index contributed by atoms with van der Waals surface area (Å²) in [6.45, 7) is 1.81. The van der Waals surface area contributed by atoms with Crippen LogP contribution in [0.1, 0.15) is 15.2 Å². The number of methoxy groups -OCH3 is 1. The Hall–Kier alpha value is -1.66. The molecule has 2 heterocycles. The van der Waals surface area contributed by atoms with E-state index < -0.39 is 11.5 Å². The van der Waals surface area contributed by atoms with Gasteiger partial charge >= 0.3 is 5.97 Å². The van der Waals surface area contributed by atoms with E-state index in [9.17, 15) is 9.59 Å². The molecule has 7 heteroatoms. The van der Waals surface area contributed by atoms with E-state index in [1.807, 2.05) is 6.92 Å². The zero-order valence-electron chi connectivity index (χ0n) is 9.61. The van der Waals surface area contributed by atoms with E-state index in [2.05, 4.69) is 10.2 Å². The topological polar surface area (TPSA) is 72.0 Å². The monoisotopic (exact) mass is 284 g/mol. The van der Waals surface area contributed by atoms with Crippen molar-refractivity contribution in [3.8, 4) is 11.1 Å². The smallest absolute Gasteiger partial charge is 0.348 e. The fourth-order valence-electron chi connectivity index (χ4n) is 1.59. The molecule has 2 aromatic heterocycles. The van der Waals surface area contributed by atoms with Crippen LogP contribution in [0.3, 0.4) is 0 Å². The van der Waals surface area contributed by atoms with E-state index in [4.69, 9.17) is 16.3 Å². The van der Waals surface area contributed by atoms with Gasteiger partial charge in [0.25, 0.3) is 5.56 Å². The van der Waals surface area contributed by atoms with Gasteiger partial charge < -0.3 is 4.74 Å². The lowest BCUT2D eigenvalue weighted by atomic mass is 10.0. The van der Waals surface area contributed by atoms with Crippen LogP contribution in [-0.4, -0.2) is 23.3 Å². The number of rotatable bonds is 2. The molecule has 0 aliphatic carbocycles. The van der Waals surface area contributed by atoms with Crippen molar-refractivity contribution in [1.82, 2.24) is 10.2 Å². The van der Waals surface area contributed by atoms with Crippen molar-refractivity contribution >= 4 is 28.9 Å². The Kier molecular flexibility index (Phi) is 3.49. The van der Waals surface area contributed by atoms with Crippen LogP contribution in [0.2, 0.25) is 5.15 Å². The predicted molar refractivity (Wildman–Crippen MR) is 69.3 cm³/mol. The maximum absolute atomic E-state index is 11.8. The molecule has 0 fully saturated rings. The normalized spacial score (nSPS) is 10.4. The minimum atomic E-state index is -0.476. The van der Waals surface area contributed by atoms with Crippen LogP contribution in [0.4, 0.5) is 0 Å². The largest absolute Gasteiger partial charge is 0.465 e. The molecule has 0 bridgehead atoms. The molecule has 1 N–H and O–H groups in total. The van der Waals surface area contributed by atoms with Gasteiger partial charge in [-0.15, -0.1) is 11.3 Å². The van der Waals surface area contributed by atoms with Crippen molar-refractivity contribution in [2.75, 3.05) is 7.11 Å². The molecule has 2 rings (SSSR count). The zero-order chi connectivity index (χ0) is 13.3. The number of esters is 1. The lowest BCUT2D eigenvalue weighted by molar-refractivity contribution is 0.0607. The average molecular weight is 285 g/mol. The van der Waals surface area contributed by atoms with Crippen molar-refractivity contribution in [1.29, 1.82) is 0 Å². The first-order valence-electron chi connectivity index (χ1n) is 4.96. The number of aryl methyl sites for hydroxylation is 1. The van der Waals surface area contributed by atoms with Gasteiger partial charge in [-0.3, -0.25) is 4.79 Å². The average Bonchev–Trinajstić information content (AvgIpc) is 2.73. The molecule has 0 aliphatic rings. The molecule has 0 aliphatic heterocycles. The van der Waals surface area contributed by atoms with Crippen LogP contribution in [0.25, 0.3) is 11.1 Å². The number of carbonyl (C=O) groups is 1. The summed E-state index contributed by atoms with van der Waals surface area (Å²) in [7, 11) is 1.30. The van der Waals surface area contributed by atoms with E-state index in [0.29, 0.717) is 16.0 Å². The third kappa shape index (κ3) is 2.16. The molecule has 94 valence electrons. The van der Waals surface area contributed by atoms with Gasteiger partial charge in [0.05, 0.1) is 12.7 Å². The van der Waals surface area contributed by atoms with Crippen LogP contribution in [0.15, 0.2) is 16.2 Å². The number of hydrogen-bond donors (Lipinski definition) is 1. The van der Waals surface area contributed by atoms with Crippen molar-refractivity contribution < 1.29 is 9.53 Å². The number of H-pyrrole nitrogens is 1. The summed E-state index contributed by atoms with van der Waals surface area (Å²) >= 11 is 6.99. The van der Waals surface area contributed by atoms with E-state index in [-0.39, 0.29) is 5.15 Å². The second-order valence-corrected chi connectivity index (χ2v) is 4.81. The predicted octanol–water partition coefficient (Wildman–Crippen LogP) is 2.25.